The van der Waals surface area contributed by atoms with Crippen molar-refractivity contribution < 1.29 is 13.2 Å². The largest absolute Gasteiger partial charge is 0.332 e. The van der Waals surface area contributed by atoms with Gasteiger partial charge in [-0.3, -0.25) is 4.79 Å². The van der Waals surface area contributed by atoms with Crippen molar-refractivity contribution in [3.8, 4) is 0 Å². The van der Waals surface area contributed by atoms with Crippen LogP contribution in [0.3, 0.4) is 0 Å². The van der Waals surface area contributed by atoms with E-state index in [1.54, 1.807) is 12.1 Å². The average molecular weight is 385 g/mol. The van der Waals surface area contributed by atoms with Crippen LogP contribution in [0, 0.1) is 6.92 Å². The number of rotatable bonds is 6. The van der Waals surface area contributed by atoms with Crippen molar-refractivity contribution in [1.82, 2.24) is 9.62 Å². The second kappa shape index (κ2) is 8.06. The molecule has 0 spiro atoms. The zero-order valence-corrected chi connectivity index (χ0v) is 16.2. The minimum atomic E-state index is -3.67. The molecule has 1 saturated heterocycles. The molecule has 0 aromatic heterocycles. The summed E-state index contributed by atoms with van der Waals surface area (Å²) in [5, 5.41) is 0. The van der Waals surface area contributed by atoms with Gasteiger partial charge in [0.05, 0.1) is 10.9 Å². The van der Waals surface area contributed by atoms with Gasteiger partial charge in [0.1, 0.15) is 0 Å². The molecular formula is C21H24N2O3S. The molecule has 5 nitrogen and oxygen atoms in total. The monoisotopic (exact) mass is 384 g/mol. The SMILES string of the molecule is C=CCNS(=O)(=O)c1cccc(C(=O)N2CCCC2c2ccccc2C)c1. The molecule has 142 valence electrons. The molecule has 2 aromatic rings. The average Bonchev–Trinajstić information content (AvgIpc) is 3.16. The Morgan fingerprint density at radius 3 is 2.78 bits per heavy atom. The van der Waals surface area contributed by atoms with Crippen LogP contribution < -0.4 is 4.72 Å². The topological polar surface area (TPSA) is 66.5 Å². The van der Waals surface area contributed by atoms with Crippen LogP contribution in [0.5, 0.6) is 0 Å². The van der Waals surface area contributed by atoms with Crippen LogP contribution in [0.2, 0.25) is 0 Å². The van der Waals surface area contributed by atoms with Crippen molar-refractivity contribution in [1.29, 1.82) is 0 Å². The van der Waals surface area contributed by atoms with Crippen molar-refractivity contribution in [3.05, 3.63) is 77.9 Å². The number of hydrogen-bond acceptors (Lipinski definition) is 3. The number of carbonyl (C=O) groups is 1. The molecule has 6 heteroatoms. The second-order valence-corrected chi connectivity index (χ2v) is 8.45. The van der Waals surface area contributed by atoms with Crippen molar-refractivity contribution >= 4 is 15.9 Å². The molecule has 1 heterocycles. The summed E-state index contributed by atoms with van der Waals surface area (Å²) in [5.74, 6) is -0.137. The fraction of sp³-hybridized carbons (Fsp3) is 0.286. The third kappa shape index (κ3) is 4.12. The Labute approximate surface area is 160 Å². The van der Waals surface area contributed by atoms with E-state index in [9.17, 15) is 13.2 Å². The van der Waals surface area contributed by atoms with E-state index in [1.165, 1.54) is 18.2 Å². The summed E-state index contributed by atoms with van der Waals surface area (Å²) in [6.07, 6.45) is 3.32. The van der Waals surface area contributed by atoms with Gasteiger partial charge in [0.25, 0.3) is 5.91 Å². The lowest BCUT2D eigenvalue weighted by Crippen LogP contribution is -2.31. The van der Waals surface area contributed by atoms with E-state index >= 15 is 0 Å². The third-order valence-electron chi connectivity index (χ3n) is 4.87. The third-order valence-corrected chi connectivity index (χ3v) is 6.29. The molecular weight excluding hydrogens is 360 g/mol. The maximum absolute atomic E-state index is 13.1. The Morgan fingerprint density at radius 2 is 2.04 bits per heavy atom. The van der Waals surface area contributed by atoms with Gasteiger partial charge in [-0.1, -0.05) is 36.4 Å². The fourth-order valence-electron chi connectivity index (χ4n) is 3.51. The minimum absolute atomic E-state index is 0.0258. The Kier molecular flexibility index (Phi) is 5.77. The highest BCUT2D eigenvalue weighted by atomic mass is 32.2. The molecule has 0 aliphatic carbocycles. The molecule has 1 amide bonds. The molecule has 0 saturated carbocycles. The quantitative estimate of drug-likeness (QED) is 0.776. The highest BCUT2D eigenvalue weighted by molar-refractivity contribution is 7.89. The first-order chi connectivity index (χ1) is 12.9. The molecule has 1 N–H and O–H groups in total. The van der Waals surface area contributed by atoms with Gasteiger partial charge in [0.2, 0.25) is 10.0 Å². The van der Waals surface area contributed by atoms with Crippen molar-refractivity contribution in [2.75, 3.05) is 13.1 Å². The maximum atomic E-state index is 13.1. The maximum Gasteiger partial charge on any atom is 0.254 e. The Hall–Kier alpha value is -2.44. The predicted molar refractivity (Wildman–Crippen MR) is 106 cm³/mol. The van der Waals surface area contributed by atoms with Gasteiger partial charge in [0.15, 0.2) is 0 Å². The molecule has 1 aliphatic rings. The van der Waals surface area contributed by atoms with Crippen LogP contribution in [-0.2, 0) is 10.0 Å². The van der Waals surface area contributed by atoms with E-state index in [1.807, 2.05) is 17.0 Å². The van der Waals surface area contributed by atoms with Gasteiger partial charge in [-0.15, -0.1) is 6.58 Å². The smallest absolute Gasteiger partial charge is 0.254 e. The van der Waals surface area contributed by atoms with Gasteiger partial charge < -0.3 is 4.90 Å². The Balaban J connectivity index is 1.88. The number of aryl methyl sites for hydroxylation is 1. The summed E-state index contributed by atoms with van der Waals surface area (Å²) >= 11 is 0. The number of nitrogens with one attached hydrogen (secondary N) is 1. The van der Waals surface area contributed by atoms with Crippen LogP contribution in [0.15, 0.2) is 66.1 Å². The number of benzene rings is 2. The zero-order chi connectivity index (χ0) is 19.4. The summed E-state index contributed by atoms with van der Waals surface area (Å²) < 4.78 is 27.1. The molecule has 1 aliphatic heterocycles. The molecule has 1 unspecified atom stereocenters. The van der Waals surface area contributed by atoms with E-state index in [0.717, 1.165) is 24.0 Å². The van der Waals surface area contributed by atoms with Gasteiger partial charge in [-0.05, 0) is 49.1 Å². The van der Waals surface area contributed by atoms with Gasteiger partial charge >= 0.3 is 0 Å². The number of hydrogen-bond donors (Lipinski definition) is 1. The minimum Gasteiger partial charge on any atom is -0.332 e. The lowest BCUT2D eigenvalue weighted by molar-refractivity contribution is 0.0735. The molecule has 0 bridgehead atoms. The van der Waals surface area contributed by atoms with Crippen LogP contribution in [0.25, 0.3) is 0 Å². The van der Waals surface area contributed by atoms with Crippen molar-refractivity contribution in [2.45, 2.75) is 30.7 Å². The fourth-order valence-corrected chi connectivity index (χ4v) is 4.55. The Morgan fingerprint density at radius 1 is 1.26 bits per heavy atom. The standard InChI is InChI=1S/C21H24N2O3S/c1-3-13-22-27(25,26)18-10-6-9-17(15-18)21(24)23-14-7-12-20(23)19-11-5-4-8-16(19)2/h3-6,8-11,15,20,22H,1,7,12-14H2,2H3. The van der Waals surface area contributed by atoms with Crippen LogP contribution in [0.1, 0.15) is 40.4 Å². The van der Waals surface area contributed by atoms with Crippen molar-refractivity contribution in [2.24, 2.45) is 0 Å². The summed E-state index contributed by atoms with van der Waals surface area (Å²) in [6, 6.07) is 14.3. The van der Waals surface area contributed by atoms with Crippen LogP contribution in [0.4, 0.5) is 0 Å². The number of amides is 1. The van der Waals surface area contributed by atoms with E-state index in [-0.39, 0.29) is 23.4 Å². The molecule has 0 radical (unpaired) electrons. The van der Waals surface area contributed by atoms with Gasteiger partial charge in [0, 0.05) is 18.7 Å². The number of carbonyl (C=O) groups excluding carboxylic acids is 1. The number of nitrogens with zero attached hydrogens (tertiary/aromatic N) is 1. The number of sulfonamides is 1. The molecule has 1 atom stereocenters. The molecule has 1 fully saturated rings. The second-order valence-electron chi connectivity index (χ2n) is 6.68. The Bertz CT molecular complexity index is 953. The van der Waals surface area contributed by atoms with Crippen LogP contribution >= 0.6 is 0 Å². The van der Waals surface area contributed by atoms with Crippen LogP contribution in [-0.4, -0.2) is 32.3 Å². The van der Waals surface area contributed by atoms with Gasteiger partial charge in [-0.25, -0.2) is 13.1 Å². The predicted octanol–water partition coefficient (Wildman–Crippen LogP) is 3.44. The molecule has 3 rings (SSSR count). The molecule has 2 aromatic carbocycles. The highest BCUT2D eigenvalue weighted by Gasteiger charge is 2.31. The zero-order valence-electron chi connectivity index (χ0n) is 15.4. The summed E-state index contributed by atoms with van der Waals surface area (Å²) in [4.78, 5) is 15.1. The summed E-state index contributed by atoms with van der Waals surface area (Å²) in [5.41, 5.74) is 2.70. The van der Waals surface area contributed by atoms with E-state index in [4.69, 9.17) is 0 Å². The lowest BCUT2D eigenvalue weighted by Gasteiger charge is -2.26. The number of likely N-dealkylation sites (tertiary alicyclic amines) is 1. The molecule has 27 heavy (non-hydrogen) atoms. The summed E-state index contributed by atoms with van der Waals surface area (Å²) in [7, 11) is -3.67. The van der Waals surface area contributed by atoms with E-state index in [2.05, 4.69) is 30.4 Å². The highest BCUT2D eigenvalue weighted by Crippen LogP contribution is 2.34. The van der Waals surface area contributed by atoms with E-state index < -0.39 is 10.0 Å². The first-order valence-corrected chi connectivity index (χ1v) is 10.5. The van der Waals surface area contributed by atoms with Crippen molar-refractivity contribution in [3.63, 3.8) is 0 Å². The summed E-state index contributed by atoms with van der Waals surface area (Å²) in [6.45, 7) is 6.37. The first kappa shape index (κ1) is 19.3. The van der Waals surface area contributed by atoms with E-state index in [0.29, 0.717) is 12.1 Å². The normalized spacial score (nSPS) is 17.1. The first-order valence-electron chi connectivity index (χ1n) is 9.01. The van der Waals surface area contributed by atoms with Gasteiger partial charge in [-0.2, -0.15) is 0 Å². The lowest BCUT2D eigenvalue weighted by atomic mass is 9.99.